The van der Waals surface area contributed by atoms with Gasteiger partial charge < -0.3 is 10.5 Å². The van der Waals surface area contributed by atoms with E-state index in [-0.39, 0.29) is 10.2 Å². The molecule has 0 saturated heterocycles. The van der Waals surface area contributed by atoms with Gasteiger partial charge in [0, 0.05) is 6.20 Å². The van der Waals surface area contributed by atoms with Crippen molar-refractivity contribution >= 4 is 21.6 Å². The van der Waals surface area contributed by atoms with Crippen molar-refractivity contribution in [3.8, 4) is 11.8 Å². The molecular formula is C7H3BrF3N3O. The van der Waals surface area contributed by atoms with Gasteiger partial charge in [-0.25, -0.2) is 4.98 Å². The number of nitrogens with zero attached hydrogens (tertiary/aromatic N) is 2. The monoisotopic (exact) mass is 281 g/mol. The molecule has 2 N–H and O–H groups in total. The molecule has 1 heterocycles. The first kappa shape index (κ1) is 11.6. The summed E-state index contributed by atoms with van der Waals surface area (Å²) in [5, 5.41) is 8.51. The average Bonchev–Trinajstić information content (AvgIpc) is 2.11. The molecule has 0 spiro atoms. The second-order valence-corrected chi connectivity index (χ2v) is 3.12. The molecule has 0 aliphatic rings. The number of nitrogens with two attached hydrogens (primary N) is 1. The number of anilines is 1. The molecule has 1 rings (SSSR count). The average molecular weight is 282 g/mol. The van der Waals surface area contributed by atoms with Crippen LogP contribution in [0.1, 0.15) is 5.56 Å². The fourth-order valence-electron chi connectivity index (χ4n) is 0.785. The number of nitriles is 1. The molecular weight excluding hydrogens is 279 g/mol. The molecule has 0 unspecified atom stereocenters. The highest BCUT2D eigenvalue weighted by Gasteiger charge is 2.33. The van der Waals surface area contributed by atoms with E-state index in [4.69, 9.17) is 11.0 Å². The Labute approximate surface area is 90.6 Å². The van der Waals surface area contributed by atoms with Gasteiger partial charge in [0.1, 0.15) is 6.07 Å². The highest BCUT2D eigenvalue weighted by molar-refractivity contribution is 9.10. The Balaban J connectivity index is 3.23. The van der Waals surface area contributed by atoms with E-state index in [0.29, 0.717) is 0 Å². The highest BCUT2D eigenvalue weighted by atomic mass is 79.9. The van der Waals surface area contributed by atoms with Crippen LogP contribution in [0.4, 0.5) is 18.9 Å². The van der Waals surface area contributed by atoms with Crippen molar-refractivity contribution in [2.45, 2.75) is 6.36 Å². The zero-order chi connectivity index (χ0) is 11.6. The van der Waals surface area contributed by atoms with Crippen LogP contribution in [0.15, 0.2) is 10.8 Å². The Morgan fingerprint density at radius 1 is 1.53 bits per heavy atom. The first-order chi connectivity index (χ1) is 6.85. The Morgan fingerprint density at radius 2 is 2.13 bits per heavy atom. The Bertz CT molecular complexity index is 427. The summed E-state index contributed by atoms with van der Waals surface area (Å²) < 4.78 is 39.2. The third kappa shape index (κ3) is 2.73. The van der Waals surface area contributed by atoms with Crippen molar-refractivity contribution in [2.24, 2.45) is 0 Å². The predicted octanol–water partition coefficient (Wildman–Crippen LogP) is 2.20. The second kappa shape index (κ2) is 3.94. The quantitative estimate of drug-likeness (QED) is 0.801. The lowest BCUT2D eigenvalue weighted by Gasteiger charge is -2.12. The Morgan fingerprint density at radius 3 is 2.60 bits per heavy atom. The molecule has 0 aliphatic heterocycles. The van der Waals surface area contributed by atoms with E-state index >= 15 is 0 Å². The van der Waals surface area contributed by atoms with Gasteiger partial charge in [-0.15, -0.1) is 13.2 Å². The number of ether oxygens (including phenoxy) is 1. The lowest BCUT2D eigenvalue weighted by atomic mass is 10.2. The maximum atomic E-state index is 11.9. The highest BCUT2D eigenvalue weighted by Crippen LogP contribution is 2.35. The molecule has 0 aromatic carbocycles. The zero-order valence-corrected chi connectivity index (χ0v) is 8.56. The van der Waals surface area contributed by atoms with Crippen LogP contribution in [0.3, 0.4) is 0 Å². The third-order valence-electron chi connectivity index (χ3n) is 1.37. The van der Waals surface area contributed by atoms with Crippen molar-refractivity contribution in [3.63, 3.8) is 0 Å². The minimum Gasteiger partial charge on any atom is -0.401 e. The molecule has 1 aromatic heterocycles. The summed E-state index contributed by atoms with van der Waals surface area (Å²) in [5.74, 6) is -0.707. The van der Waals surface area contributed by atoms with Crippen LogP contribution in [0.5, 0.6) is 5.75 Å². The summed E-state index contributed by atoms with van der Waals surface area (Å²) in [4.78, 5) is 3.48. The molecule has 80 valence electrons. The number of alkyl halides is 3. The number of halogens is 4. The van der Waals surface area contributed by atoms with Gasteiger partial charge >= 0.3 is 6.36 Å². The lowest BCUT2D eigenvalue weighted by molar-refractivity contribution is -0.274. The van der Waals surface area contributed by atoms with Crippen LogP contribution in [-0.4, -0.2) is 11.3 Å². The van der Waals surface area contributed by atoms with Crippen molar-refractivity contribution in [1.29, 1.82) is 5.26 Å². The van der Waals surface area contributed by atoms with Crippen LogP contribution in [0, 0.1) is 11.3 Å². The van der Waals surface area contributed by atoms with Crippen molar-refractivity contribution in [3.05, 3.63) is 16.4 Å². The van der Waals surface area contributed by atoms with Crippen LogP contribution in [0.2, 0.25) is 0 Å². The topological polar surface area (TPSA) is 71.9 Å². The van der Waals surface area contributed by atoms with E-state index in [1.54, 1.807) is 6.07 Å². The summed E-state index contributed by atoms with van der Waals surface area (Å²) >= 11 is 2.74. The van der Waals surface area contributed by atoms with E-state index < -0.39 is 17.8 Å². The van der Waals surface area contributed by atoms with Crippen LogP contribution < -0.4 is 10.5 Å². The number of aromatic nitrogens is 1. The minimum atomic E-state index is -4.88. The molecule has 8 heteroatoms. The SMILES string of the molecule is N#Cc1cnc(Br)c(OC(F)(F)F)c1N. The maximum absolute atomic E-state index is 11.9. The summed E-state index contributed by atoms with van der Waals surface area (Å²) in [5.41, 5.74) is 4.70. The van der Waals surface area contributed by atoms with Crippen LogP contribution >= 0.6 is 15.9 Å². The largest absolute Gasteiger partial charge is 0.573 e. The summed E-state index contributed by atoms with van der Waals surface area (Å²) in [6.07, 6.45) is -3.84. The molecule has 0 atom stereocenters. The molecule has 1 aromatic rings. The molecule has 4 nitrogen and oxygen atoms in total. The van der Waals surface area contributed by atoms with E-state index in [0.717, 1.165) is 6.20 Å². The lowest BCUT2D eigenvalue weighted by Crippen LogP contribution is -2.19. The number of pyridine rings is 1. The Kier molecular flexibility index (Phi) is 3.04. The van der Waals surface area contributed by atoms with Gasteiger partial charge in [-0.3, -0.25) is 0 Å². The number of rotatable bonds is 1. The summed E-state index contributed by atoms with van der Waals surface area (Å²) in [7, 11) is 0. The van der Waals surface area contributed by atoms with E-state index in [1.165, 1.54) is 0 Å². The Hall–Kier alpha value is -1.49. The maximum Gasteiger partial charge on any atom is 0.573 e. The second-order valence-electron chi connectivity index (χ2n) is 2.37. The fraction of sp³-hybridized carbons (Fsp3) is 0.143. The number of hydrogen-bond donors (Lipinski definition) is 1. The molecule has 0 aliphatic carbocycles. The van der Waals surface area contributed by atoms with Crippen molar-refractivity contribution in [1.82, 2.24) is 4.98 Å². The van der Waals surface area contributed by atoms with Crippen LogP contribution in [-0.2, 0) is 0 Å². The van der Waals surface area contributed by atoms with Gasteiger partial charge in [-0.05, 0) is 15.9 Å². The first-order valence-corrected chi connectivity index (χ1v) is 4.24. The normalized spacial score (nSPS) is 10.9. The van der Waals surface area contributed by atoms with Gasteiger partial charge in [0.25, 0.3) is 0 Å². The van der Waals surface area contributed by atoms with Gasteiger partial charge in [-0.2, -0.15) is 5.26 Å². The van der Waals surface area contributed by atoms with E-state index in [9.17, 15) is 13.2 Å². The standard InChI is InChI=1S/C7H3BrF3N3O/c8-6-5(15-7(9,10)11)4(13)3(1-12)2-14-6/h2H,(H2,13,14). The number of hydrogen-bond acceptors (Lipinski definition) is 4. The molecule has 0 bridgehead atoms. The van der Waals surface area contributed by atoms with Gasteiger partial charge in [0.15, 0.2) is 10.4 Å². The molecule has 15 heavy (non-hydrogen) atoms. The summed E-state index contributed by atoms with van der Waals surface area (Å²) in [6, 6.07) is 1.59. The fourth-order valence-corrected chi connectivity index (χ4v) is 1.18. The minimum absolute atomic E-state index is 0.183. The number of nitrogen functional groups attached to an aromatic ring is 1. The van der Waals surface area contributed by atoms with Gasteiger partial charge in [0.05, 0.1) is 11.3 Å². The van der Waals surface area contributed by atoms with E-state index in [1.807, 2.05) is 0 Å². The van der Waals surface area contributed by atoms with Gasteiger partial charge in [-0.1, -0.05) is 0 Å². The molecule has 0 radical (unpaired) electrons. The van der Waals surface area contributed by atoms with Crippen LogP contribution in [0.25, 0.3) is 0 Å². The summed E-state index contributed by atoms with van der Waals surface area (Å²) in [6.45, 7) is 0. The molecule has 0 amide bonds. The molecule has 0 saturated carbocycles. The van der Waals surface area contributed by atoms with Crippen molar-refractivity contribution < 1.29 is 17.9 Å². The van der Waals surface area contributed by atoms with Crippen molar-refractivity contribution in [2.75, 3.05) is 5.73 Å². The predicted molar refractivity (Wildman–Crippen MR) is 47.7 cm³/mol. The smallest absolute Gasteiger partial charge is 0.401 e. The van der Waals surface area contributed by atoms with E-state index in [2.05, 4.69) is 25.7 Å². The zero-order valence-electron chi connectivity index (χ0n) is 6.97. The van der Waals surface area contributed by atoms with Gasteiger partial charge in [0.2, 0.25) is 0 Å². The third-order valence-corrected chi connectivity index (χ3v) is 1.93. The molecule has 0 fully saturated rings. The first-order valence-electron chi connectivity index (χ1n) is 3.45.